The lowest BCUT2D eigenvalue weighted by molar-refractivity contribution is -0.950. The van der Waals surface area contributed by atoms with Gasteiger partial charge in [0.05, 0.1) is 119 Å². The molecule has 2 saturated carbocycles. The second-order valence-corrected chi connectivity index (χ2v) is 19.4. The number of rotatable bonds is 25. The molecule has 0 bridgehead atoms. The Morgan fingerprint density at radius 1 is 0.421 bits per heavy atom. The van der Waals surface area contributed by atoms with Gasteiger partial charge in [0.25, 0.3) is 0 Å². The second kappa shape index (κ2) is 26.4. The van der Waals surface area contributed by atoms with Crippen LogP contribution in [0, 0.1) is 11.8 Å². The van der Waals surface area contributed by atoms with E-state index in [2.05, 4.69) is 55.9 Å². The monoisotopic (exact) mass is 895 g/mol. The highest BCUT2D eigenvalue weighted by Crippen LogP contribution is 2.41. The van der Waals surface area contributed by atoms with Crippen molar-refractivity contribution in [1.29, 1.82) is 0 Å². The van der Waals surface area contributed by atoms with Crippen molar-refractivity contribution in [3.8, 4) is 0 Å². The first-order valence-corrected chi connectivity index (χ1v) is 22.4. The maximum absolute atomic E-state index is 5.67. The van der Waals surface area contributed by atoms with E-state index in [4.69, 9.17) is 28.4 Å². The molecule has 4 saturated heterocycles. The molecule has 0 aromatic carbocycles. The van der Waals surface area contributed by atoms with Crippen molar-refractivity contribution < 1.29 is 96.0 Å². The van der Waals surface area contributed by atoms with E-state index in [9.17, 15) is 0 Å². The molecule has 4 unspecified atom stereocenters. The molecule has 0 N–H and O–H groups in total. The highest BCUT2D eigenvalue weighted by atomic mass is 35.5. The van der Waals surface area contributed by atoms with E-state index in [0.717, 1.165) is 98.7 Å². The van der Waals surface area contributed by atoms with Crippen LogP contribution in [-0.2, 0) is 28.4 Å². The predicted octanol–water partition coefficient (Wildman–Crippen LogP) is -7.01. The van der Waals surface area contributed by atoms with Crippen molar-refractivity contribution in [2.45, 2.75) is 122 Å². The number of nitrogens with zero attached hydrogens (tertiary/aromatic N) is 4. The van der Waals surface area contributed by atoms with Crippen LogP contribution in [0.15, 0.2) is 0 Å². The van der Waals surface area contributed by atoms with Crippen LogP contribution in [0.4, 0.5) is 0 Å². The lowest BCUT2D eigenvalue weighted by atomic mass is 9.74. The van der Waals surface area contributed by atoms with Gasteiger partial charge in [-0.25, -0.2) is 0 Å². The third-order valence-electron chi connectivity index (χ3n) is 14.6. The molecule has 6 rings (SSSR count). The van der Waals surface area contributed by atoms with Crippen LogP contribution >= 0.6 is 0 Å². The van der Waals surface area contributed by atoms with Crippen LogP contribution in [0.1, 0.15) is 85.5 Å². The van der Waals surface area contributed by atoms with Crippen LogP contribution in [0.5, 0.6) is 0 Å². The standard InChI is InChI=1S/C27H52N2O2.C16H34N2O4.4ClH/c1-5-28(6-2,18-26-20-30-26)24-13-9-22(10-14-24)17-23-11-15-25(16-12-23)29(7-3,8-4)19-27-21-31-27;1-17(2,11-15-13-21-15)5-7-19-9-10-20-8-6-18(3,4)12-16-14-22-16;;;;/h22-27H,5-21H2,1-4H3;15-16H,5-14H2,1-4H3;4*1H/q2*+2;;;;/p-4. The van der Waals surface area contributed by atoms with E-state index in [1.807, 2.05) is 0 Å². The average Bonchev–Trinajstić information content (AvgIpc) is 3.93. The van der Waals surface area contributed by atoms with Crippen molar-refractivity contribution in [2.24, 2.45) is 11.8 Å². The fraction of sp³-hybridized carbons (Fsp3) is 1.00. The molecule has 57 heavy (non-hydrogen) atoms. The van der Waals surface area contributed by atoms with E-state index < -0.39 is 0 Å². The van der Waals surface area contributed by atoms with Crippen molar-refractivity contribution >= 4 is 0 Å². The fourth-order valence-electron chi connectivity index (χ4n) is 10.4. The van der Waals surface area contributed by atoms with E-state index in [1.165, 1.54) is 106 Å². The summed E-state index contributed by atoms with van der Waals surface area (Å²) < 4.78 is 37.7. The molecule has 14 heteroatoms. The highest BCUT2D eigenvalue weighted by Gasteiger charge is 2.44. The number of halogens is 4. The van der Waals surface area contributed by atoms with Gasteiger partial charge in [-0.3, -0.25) is 0 Å². The van der Waals surface area contributed by atoms with Crippen molar-refractivity contribution in [3.05, 3.63) is 0 Å². The molecule has 0 aromatic rings. The Bertz CT molecular complexity index is 963. The van der Waals surface area contributed by atoms with Gasteiger partial charge in [0.15, 0.2) is 0 Å². The van der Waals surface area contributed by atoms with Crippen LogP contribution < -0.4 is 49.6 Å². The quantitative estimate of drug-likeness (QED) is 0.0517. The summed E-state index contributed by atoms with van der Waals surface area (Å²) in [4.78, 5) is 0. The van der Waals surface area contributed by atoms with Gasteiger partial charge >= 0.3 is 0 Å². The molecule has 0 amide bonds. The Kier molecular flexibility index (Phi) is 25.8. The Hall–Kier alpha value is 0.760. The zero-order valence-electron chi connectivity index (χ0n) is 37.5. The van der Waals surface area contributed by atoms with Crippen molar-refractivity contribution in [3.63, 3.8) is 0 Å². The molecule has 6 aliphatic rings. The largest absolute Gasteiger partial charge is 1.00 e. The molecule has 0 aromatic heterocycles. The molecule has 0 spiro atoms. The molecule has 4 heterocycles. The summed E-state index contributed by atoms with van der Waals surface area (Å²) in [6, 6.07) is 1.78. The predicted molar refractivity (Wildman–Crippen MR) is 213 cm³/mol. The Balaban J connectivity index is 0.000000560. The van der Waals surface area contributed by atoms with Gasteiger partial charge in [-0.2, -0.15) is 0 Å². The smallest absolute Gasteiger partial charge is 0.130 e. The summed E-state index contributed by atoms with van der Waals surface area (Å²) >= 11 is 0. The summed E-state index contributed by atoms with van der Waals surface area (Å²) in [5, 5.41) is 0. The maximum Gasteiger partial charge on any atom is 0.130 e. The molecule has 4 aliphatic heterocycles. The summed E-state index contributed by atoms with van der Waals surface area (Å²) in [7, 11) is 8.91. The molecule has 0 radical (unpaired) electrons. The minimum atomic E-state index is 0. The zero-order valence-corrected chi connectivity index (χ0v) is 40.5. The van der Waals surface area contributed by atoms with Gasteiger partial charge in [-0.05, 0) is 97.3 Å². The zero-order chi connectivity index (χ0) is 38.0. The first-order valence-electron chi connectivity index (χ1n) is 22.4. The average molecular weight is 897 g/mol. The molecule has 6 fully saturated rings. The number of likely N-dealkylation sites (N-methyl/N-ethyl adjacent to an activating group) is 4. The number of epoxide rings is 4. The molecule has 2 aliphatic carbocycles. The van der Waals surface area contributed by atoms with Crippen LogP contribution in [-0.4, -0.2) is 201 Å². The summed E-state index contributed by atoms with van der Waals surface area (Å²) in [6.07, 6.45) is 15.4. The van der Waals surface area contributed by atoms with E-state index in [1.54, 1.807) is 0 Å². The lowest BCUT2D eigenvalue weighted by Crippen LogP contribution is -3.00. The molecule has 4 atom stereocenters. The van der Waals surface area contributed by atoms with E-state index in [0.29, 0.717) is 37.6 Å². The van der Waals surface area contributed by atoms with E-state index >= 15 is 0 Å². The topological polar surface area (TPSA) is 68.6 Å². The summed E-state index contributed by atoms with van der Waals surface area (Å²) in [5.41, 5.74) is 0. The SMILES string of the molecule is CC[N+](CC)(CC1CO1)C1CCC(CC2CCC([N+](CC)(CC)CC3CO3)CC2)CC1.C[N+](C)(CCOCCOCC[N+](C)(C)CC1CO1)CC1CO1.[Cl-].[Cl-].[Cl-].[Cl-]. The van der Waals surface area contributed by atoms with Crippen LogP contribution in [0.2, 0.25) is 0 Å². The molecular formula is C43H86Cl4N4O6. The Labute approximate surface area is 374 Å². The van der Waals surface area contributed by atoms with Crippen molar-refractivity contribution in [2.75, 3.05) is 146 Å². The number of hydrogen-bond acceptors (Lipinski definition) is 6. The first kappa shape index (κ1) is 55.8. The normalized spacial score (nSPS) is 29.3. The lowest BCUT2D eigenvalue weighted by Gasteiger charge is -2.47. The summed E-state index contributed by atoms with van der Waals surface area (Å²) in [5.74, 6) is 2.00. The van der Waals surface area contributed by atoms with Gasteiger partial charge in [-0.15, -0.1) is 0 Å². The molecule has 10 nitrogen and oxygen atoms in total. The second-order valence-electron chi connectivity index (χ2n) is 19.4. The maximum atomic E-state index is 5.67. The number of ether oxygens (including phenoxy) is 6. The number of quaternary nitrogens is 4. The minimum Gasteiger partial charge on any atom is -1.00 e. The molecular weight excluding hydrogens is 810 g/mol. The Morgan fingerprint density at radius 3 is 0.965 bits per heavy atom. The van der Waals surface area contributed by atoms with Gasteiger partial charge < -0.3 is 96.0 Å². The van der Waals surface area contributed by atoms with Crippen LogP contribution in [0.3, 0.4) is 0 Å². The van der Waals surface area contributed by atoms with Crippen LogP contribution in [0.25, 0.3) is 0 Å². The first-order chi connectivity index (χ1) is 25.4. The third kappa shape index (κ3) is 19.4. The van der Waals surface area contributed by atoms with E-state index in [-0.39, 0.29) is 49.6 Å². The van der Waals surface area contributed by atoms with Gasteiger partial charge in [-0.1, -0.05) is 0 Å². The molecule has 342 valence electrons. The minimum absolute atomic E-state index is 0. The highest BCUT2D eigenvalue weighted by molar-refractivity contribution is 4.82. The Morgan fingerprint density at radius 2 is 0.702 bits per heavy atom. The van der Waals surface area contributed by atoms with Crippen molar-refractivity contribution in [1.82, 2.24) is 0 Å². The summed E-state index contributed by atoms with van der Waals surface area (Å²) in [6.45, 7) is 28.4. The van der Waals surface area contributed by atoms with Gasteiger partial charge in [0, 0.05) is 0 Å². The number of hydrogen-bond donors (Lipinski definition) is 0. The van der Waals surface area contributed by atoms with Gasteiger partial charge in [0.2, 0.25) is 0 Å². The van der Waals surface area contributed by atoms with Gasteiger partial charge in [0.1, 0.15) is 63.7 Å². The fourth-order valence-corrected chi connectivity index (χ4v) is 10.4. The third-order valence-corrected chi connectivity index (χ3v) is 14.6.